The number of sulfonamides is 1. The average molecular weight is 299 g/mol. The van der Waals surface area contributed by atoms with Crippen molar-refractivity contribution in [2.75, 3.05) is 17.2 Å². The third-order valence-electron chi connectivity index (χ3n) is 3.12. The molecule has 1 unspecified atom stereocenters. The van der Waals surface area contributed by atoms with Crippen LogP contribution in [0.15, 0.2) is 18.2 Å². The summed E-state index contributed by atoms with van der Waals surface area (Å²) in [5.74, 6) is -1.77. The van der Waals surface area contributed by atoms with Gasteiger partial charge in [-0.25, -0.2) is 18.4 Å². The third kappa shape index (κ3) is 2.45. The summed E-state index contributed by atoms with van der Waals surface area (Å²) in [6.45, 7) is -0.202. The third-order valence-corrected chi connectivity index (χ3v) is 4.37. The Morgan fingerprint density at radius 2 is 2.05 bits per heavy atom. The lowest BCUT2D eigenvalue weighted by atomic mass is 10.1. The van der Waals surface area contributed by atoms with Crippen molar-refractivity contribution in [2.24, 2.45) is 5.14 Å². The van der Waals surface area contributed by atoms with Crippen LogP contribution < -0.4 is 15.8 Å². The van der Waals surface area contributed by atoms with Crippen molar-refractivity contribution in [3.63, 3.8) is 0 Å². The first kappa shape index (κ1) is 14.3. The summed E-state index contributed by atoms with van der Waals surface area (Å²) in [6.07, 6.45) is -0.285. The predicted molar refractivity (Wildman–Crippen MR) is 71.7 cm³/mol. The molecule has 5 N–H and O–H groups in total. The molecule has 8 nitrogen and oxygen atoms in total. The number of hydrogen-bond acceptors (Lipinski definition) is 5. The maximum absolute atomic E-state index is 11.9. The maximum atomic E-state index is 11.9. The normalized spacial score (nSPS) is 19.4. The molecule has 1 atom stereocenters. The minimum Gasteiger partial charge on any atom is -0.478 e. The number of nitrogens with two attached hydrogens (primary N) is 2. The minimum absolute atomic E-state index is 0.0103. The zero-order valence-corrected chi connectivity index (χ0v) is 11.1. The topological polar surface area (TPSA) is 144 Å². The Hall–Kier alpha value is -2.13. The number of aromatic carboxylic acids is 1. The summed E-state index contributed by atoms with van der Waals surface area (Å²) < 4.78 is 22.6. The molecule has 1 aromatic carbocycles. The fourth-order valence-corrected chi connectivity index (χ4v) is 2.88. The lowest BCUT2D eigenvalue weighted by Crippen LogP contribution is -2.33. The van der Waals surface area contributed by atoms with Gasteiger partial charge in [-0.2, -0.15) is 0 Å². The Bertz CT molecular complexity index is 685. The van der Waals surface area contributed by atoms with Gasteiger partial charge < -0.3 is 15.7 Å². The van der Waals surface area contributed by atoms with Gasteiger partial charge in [0, 0.05) is 13.0 Å². The van der Waals surface area contributed by atoms with Gasteiger partial charge in [0.05, 0.1) is 16.9 Å². The smallest absolute Gasteiger partial charge is 0.337 e. The van der Waals surface area contributed by atoms with Crippen LogP contribution in [0.4, 0.5) is 11.4 Å². The summed E-state index contributed by atoms with van der Waals surface area (Å²) in [5, 5.41) is 13.1. The van der Waals surface area contributed by atoms with Crippen molar-refractivity contribution in [3.8, 4) is 0 Å². The van der Waals surface area contributed by atoms with Crippen LogP contribution in [0.1, 0.15) is 16.8 Å². The lowest BCUT2D eigenvalue weighted by molar-refractivity contribution is -0.117. The highest BCUT2D eigenvalue weighted by Crippen LogP contribution is 2.32. The Morgan fingerprint density at radius 3 is 2.55 bits per heavy atom. The Morgan fingerprint density at radius 1 is 1.40 bits per heavy atom. The van der Waals surface area contributed by atoms with E-state index < -0.39 is 27.1 Å². The van der Waals surface area contributed by atoms with Gasteiger partial charge in [0.1, 0.15) is 5.25 Å². The molecular formula is C11H13N3O5S. The number of para-hydroxylation sites is 1. The molecule has 0 aromatic heterocycles. The molecule has 0 spiro atoms. The number of hydrogen-bond donors (Lipinski definition) is 3. The molecule has 108 valence electrons. The number of carbonyl (C=O) groups is 2. The van der Waals surface area contributed by atoms with E-state index in [9.17, 15) is 18.0 Å². The highest BCUT2D eigenvalue weighted by Gasteiger charge is 2.39. The lowest BCUT2D eigenvalue weighted by Gasteiger charge is -2.20. The number of primary sulfonamides is 1. The average Bonchev–Trinajstić information content (AvgIpc) is 2.70. The highest BCUT2D eigenvalue weighted by atomic mass is 32.2. The first-order valence-electron chi connectivity index (χ1n) is 5.65. The van der Waals surface area contributed by atoms with Crippen molar-refractivity contribution in [3.05, 3.63) is 23.8 Å². The van der Waals surface area contributed by atoms with Crippen LogP contribution in [0.25, 0.3) is 0 Å². The highest BCUT2D eigenvalue weighted by molar-refractivity contribution is 7.89. The second kappa shape index (κ2) is 4.76. The van der Waals surface area contributed by atoms with Crippen molar-refractivity contribution < 1.29 is 23.1 Å². The SMILES string of the molecule is Nc1cccc(C(=O)O)c1N1CC(S(N)(=O)=O)CC1=O. The molecule has 0 saturated carbocycles. The van der Waals surface area contributed by atoms with Crippen LogP contribution >= 0.6 is 0 Å². The van der Waals surface area contributed by atoms with Gasteiger partial charge >= 0.3 is 5.97 Å². The monoisotopic (exact) mass is 299 g/mol. The number of carboxylic acids is 1. The van der Waals surface area contributed by atoms with Gasteiger partial charge in [0.15, 0.2) is 0 Å². The first-order valence-corrected chi connectivity index (χ1v) is 7.26. The van der Waals surface area contributed by atoms with Crippen molar-refractivity contribution in [1.29, 1.82) is 0 Å². The van der Waals surface area contributed by atoms with Gasteiger partial charge in [-0.1, -0.05) is 6.07 Å². The van der Waals surface area contributed by atoms with Crippen molar-refractivity contribution in [1.82, 2.24) is 0 Å². The molecule has 1 aliphatic heterocycles. The van der Waals surface area contributed by atoms with Crippen LogP contribution in [-0.4, -0.2) is 37.2 Å². The van der Waals surface area contributed by atoms with Gasteiger partial charge in [0.25, 0.3) is 0 Å². The fourth-order valence-electron chi connectivity index (χ4n) is 2.15. The van der Waals surface area contributed by atoms with Gasteiger partial charge in [-0.05, 0) is 12.1 Å². The zero-order chi connectivity index (χ0) is 15.1. The summed E-state index contributed by atoms with van der Waals surface area (Å²) in [6, 6.07) is 4.19. The Labute approximate surface area is 115 Å². The molecule has 1 aromatic rings. The molecule has 1 fully saturated rings. The van der Waals surface area contributed by atoms with Crippen LogP contribution in [0, 0.1) is 0 Å². The quantitative estimate of drug-likeness (QED) is 0.633. The van der Waals surface area contributed by atoms with E-state index in [1.807, 2.05) is 0 Å². The van der Waals surface area contributed by atoms with E-state index in [2.05, 4.69) is 0 Å². The molecular weight excluding hydrogens is 286 g/mol. The number of carboxylic acid groups (broad SMARTS) is 1. The number of nitrogens with zero attached hydrogens (tertiary/aromatic N) is 1. The molecule has 0 aliphatic carbocycles. The summed E-state index contributed by atoms with van der Waals surface area (Å²) in [7, 11) is -3.87. The van der Waals surface area contributed by atoms with Gasteiger partial charge in [-0.3, -0.25) is 4.79 Å². The van der Waals surface area contributed by atoms with E-state index in [-0.39, 0.29) is 29.9 Å². The number of amides is 1. The number of anilines is 2. The summed E-state index contributed by atoms with van der Waals surface area (Å²) in [4.78, 5) is 24.2. The Kier molecular flexibility index (Phi) is 3.40. The maximum Gasteiger partial charge on any atom is 0.337 e. The molecule has 1 heterocycles. The molecule has 9 heteroatoms. The van der Waals surface area contributed by atoms with E-state index in [4.69, 9.17) is 16.0 Å². The van der Waals surface area contributed by atoms with Crippen LogP contribution in [-0.2, 0) is 14.8 Å². The number of benzene rings is 1. The van der Waals surface area contributed by atoms with E-state index in [0.29, 0.717) is 0 Å². The van der Waals surface area contributed by atoms with E-state index >= 15 is 0 Å². The molecule has 0 radical (unpaired) electrons. The van der Waals surface area contributed by atoms with Crippen LogP contribution in [0.3, 0.4) is 0 Å². The summed E-state index contributed by atoms with van der Waals surface area (Å²) >= 11 is 0. The largest absolute Gasteiger partial charge is 0.478 e. The second-order valence-electron chi connectivity index (χ2n) is 4.47. The molecule has 20 heavy (non-hydrogen) atoms. The predicted octanol–water partition coefficient (Wildman–Crippen LogP) is -0.639. The zero-order valence-electron chi connectivity index (χ0n) is 10.3. The summed E-state index contributed by atoms with van der Waals surface area (Å²) in [5.41, 5.74) is 5.66. The number of rotatable bonds is 3. The van der Waals surface area contributed by atoms with Crippen molar-refractivity contribution in [2.45, 2.75) is 11.7 Å². The van der Waals surface area contributed by atoms with E-state index in [1.165, 1.54) is 18.2 Å². The molecule has 1 aliphatic rings. The van der Waals surface area contributed by atoms with E-state index in [0.717, 1.165) is 4.90 Å². The van der Waals surface area contributed by atoms with Crippen molar-refractivity contribution >= 4 is 33.3 Å². The molecule has 2 rings (SSSR count). The Balaban J connectivity index is 2.48. The molecule has 1 saturated heterocycles. The number of carbonyl (C=O) groups excluding carboxylic acids is 1. The first-order chi connectivity index (χ1) is 9.21. The van der Waals surface area contributed by atoms with Crippen LogP contribution in [0.5, 0.6) is 0 Å². The van der Waals surface area contributed by atoms with Gasteiger partial charge in [-0.15, -0.1) is 0 Å². The van der Waals surface area contributed by atoms with Crippen LogP contribution in [0.2, 0.25) is 0 Å². The molecule has 1 amide bonds. The van der Waals surface area contributed by atoms with Gasteiger partial charge in [0.2, 0.25) is 15.9 Å². The minimum atomic E-state index is -3.87. The standard InChI is InChI=1S/C11H13N3O5S/c12-8-3-1-2-7(11(16)17)10(8)14-5-6(4-9(14)15)20(13,18)19/h1-3,6H,4-5,12H2,(H,16,17)(H2,13,18,19). The number of nitrogen functional groups attached to an aromatic ring is 1. The van der Waals surface area contributed by atoms with E-state index in [1.54, 1.807) is 0 Å². The molecule has 0 bridgehead atoms. The fraction of sp³-hybridized carbons (Fsp3) is 0.273. The second-order valence-corrected chi connectivity index (χ2v) is 6.31.